The van der Waals surface area contributed by atoms with Gasteiger partial charge >= 0.3 is 5.97 Å². The quantitative estimate of drug-likeness (QED) is 0.607. The number of fused-ring (bicyclic) bond motifs is 1. The maximum atomic E-state index is 12.7. The Balaban J connectivity index is 1.68. The van der Waals surface area contributed by atoms with Crippen molar-refractivity contribution >= 4 is 16.1 Å². The number of carbonyl (C=O) groups is 1. The number of carbonyl (C=O) groups excluding carboxylic acids is 1. The van der Waals surface area contributed by atoms with E-state index >= 15 is 0 Å². The fourth-order valence-corrected chi connectivity index (χ4v) is 5.40. The van der Waals surface area contributed by atoms with Crippen LogP contribution >= 0.6 is 0 Å². The zero-order valence-corrected chi connectivity index (χ0v) is 14.4. The first-order valence-corrected chi connectivity index (χ1v) is 9.74. The van der Waals surface area contributed by atoms with E-state index < -0.39 is 21.6 Å². The molecule has 4 rings (SSSR count). The highest BCUT2D eigenvalue weighted by molar-refractivity contribution is 7.86. The summed E-state index contributed by atoms with van der Waals surface area (Å²) in [6.45, 7) is 3.65. The predicted octanol–water partition coefficient (Wildman–Crippen LogP) is 1.48. The third-order valence-electron chi connectivity index (χ3n) is 5.52. The molecule has 3 fully saturated rings. The molecule has 0 aliphatic carbocycles. The van der Waals surface area contributed by atoms with Crippen LogP contribution in [0, 0.1) is 12.3 Å². The van der Waals surface area contributed by atoms with Crippen molar-refractivity contribution in [3.8, 4) is 0 Å². The van der Waals surface area contributed by atoms with E-state index in [4.69, 9.17) is 8.92 Å². The summed E-state index contributed by atoms with van der Waals surface area (Å²) >= 11 is 0. The van der Waals surface area contributed by atoms with Gasteiger partial charge in [0.05, 0.1) is 11.5 Å². The molecule has 0 radical (unpaired) electrons. The van der Waals surface area contributed by atoms with Gasteiger partial charge in [0.2, 0.25) is 0 Å². The summed E-state index contributed by atoms with van der Waals surface area (Å²) in [7, 11) is -3.92. The van der Waals surface area contributed by atoms with Crippen molar-refractivity contribution < 1.29 is 22.1 Å². The number of esters is 1. The fourth-order valence-electron chi connectivity index (χ4n) is 4.24. The van der Waals surface area contributed by atoms with Crippen molar-refractivity contribution in [2.24, 2.45) is 5.41 Å². The van der Waals surface area contributed by atoms with Crippen LogP contribution in [0.25, 0.3) is 0 Å². The van der Waals surface area contributed by atoms with E-state index in [0.717, 1.165) is 24.9 Å². The maximum absolute atomic E-state index is 12.7. The number of benzene rings is 1. The van der Waals surface area contributed by atoms with Crippen molar-refractivity contribution in [2.75, 3.05) is 19.7 Å². The number of rotatable bonds is 3. The Hall–Kier alpha value is -1.44. The smallest absolute Gasteiger partial charge is 0.316 e. The standard InChI is InChI=1S/C17H21NO5S/c1-12-4-6-13(7-5-12)24(20,21)23-15-14-3-2-9-18(14)11-17(15)8-10-22-16(17)19/h4-7,14-15H,2-3,8-11H2,1H3/t14-,15-,17-/m1/s1. The van der Waals surface area contributed by atoms with Crippen LogP contribution < -0.4 is 0 Å². The summed E-state index contributed by atoms with van der Waals surface area (Å²) in [6, 6.07) is 6.55. The molecular weight excluding hydrogens is 330 g/mol. The average Bonchev–Trinajstić information content (AvgIpc) is 3.20. The Kier molecular flexibility index (Phi) is 3.71. The molecule has 24 heavy (non-hydrogen) atoms. The van der Waals surface area contributed by atoms with Crippen LogP contribution in [0.15, 0.2) is 29.2 Å². The van der Waals surface area contributed by atoms with Gasteiger partial charge in [-0.05, 0) is 38.4 Å². The van der Waals surface area contributed by atoms with Gasteiger partial charge < -0.3 is 4.74 Å². The normalized spacial score (nSPS) is 33.1. The van der Waals surface area contributed by atoms with Crippen LogP contribution in [0.2, 0.25) is 0 Å². The molecule has 7 heteroatoms. The zero-order chi connectivity index (χ0) is 16.9. The topological polar surface area (TPSA) is 72.9 Å². The van der Waals surface area contributed by atoms with Crippen molar-refractivity contribution in [3.05, 3.63) is 29.8 Å². The number of cyclic esters (lactones) is 1. The summed E-state index contributed by atoms with van der Waals surface area (Å²) in [6.07, 6.45) is 1.71. The van der Waals surface area contributed by atoms with Gasteiger partial charge in [-0.25, -0.2) is 0 Å². The number of hydrogen-bond acceptors (Lipinski definition) is 6. The largest absolute Gasteiger partial charge is 0.465 e. The van der Waals surface area contributed by atoms with E-state index in [1.807, 2.05) is 6.92 Å². The molecule has 3 aliphatic heterocycles. The summed E-state index contributed by atoms with van der Waals surface area (Å²) in [4.78, 5) is 14.7. The third-order valence-corrected chi connectivity index (χ3v) is 6.83. The van der Waals surface area contributed by atoms with E-state index in [0.29, 0.717) is 19.6 Å². The van der Waals surface area contributed by atoms with Gasteiger partial charge in [0.15, 0.2) is 0 Å². The molecule has 0 aromatic heterocycles. The molecule has 3 aliphatic rings. The summed E-state index contributed by atoms with van der Waals surface area (Å²) in [5.74, 6) is -0.319. The van der Waals surface area contributed by atoms with E-state index in [2.05, 4.69) is 4.90 Å². The Morgan fingerprint density at radius 1 is 1.29 bits per heavy atom. The van der Waals surface area contributed by atoms with Gasteiger partial charge in [-0.3, -0.25) is 13.9 Å². The van der Waals surface area contributed by atoms with E-state index in [-0.39, 0.29) is 16.9 Å². The Morgan fingerprint density at radius 2 is 2.04 bits per heavy atom. The van der Waals surface area contributed by atoms with Crippen LogP contribution in [0.5, 0.6) is 0 Å². The van der Waals surface area contributed by atoms with E-state index in [9.17, 15) is 13.2 Å². The van der Waals surface area contributed by atoms with Crippen LogP contribution in [-0.2, 0) is 23.8 Å². The van der Waals surface area contributed by atoms with Crippen molar-refractivity contribution in [1.29, 1.82) is 0 Å². The number of nitrogens with zero attached hydrogens (tertiary/aromatic N) is 1. The number of aryl methyl sites for hydroxylation is 1. The molecule has 1 spiro atoms. The molecule has 0 bridgehead atoms. The lowest BCUT2D eigenvalue weighted by Crippen LogP contribution is -2.44. The van der Waals surface area contributed by atoms with Crippen molar-refractivity contribution in [3.63, 3.8) is 0 Å². The van der Waals surface area contributed by atoms with Crippen molar-refractivity contribution in [1.82, 2.24) is 4.90 Å². The van der Waals surface area contributed by atoms with Gasteiger partial charge in [0.1, 0.15) is 11.5 Å². The second-order valence-electron chi connectivity index (χ2n) is 7.01. The first-order valence-electron chi connectivity index (χ1n) is 8.34. The van der Waals surface area contributed by atoms with Crippen molar-refractivity contribution in [2.45, 2.75) is 43.2 Å². The minimum Gasteiger partial charge on any atom is -0.465 e. The summed E-state index contributed by atoms with van der Waals surface area (Å²) in [5.41, 5.74) is 0.135. The van der Waals surface area contributed by atoms with Crippen LogP contribution in [0.4, 0.5) is 0 Å². The highest BCUT2D eigenvalue weighted by atomic mass is 32.2. The Morgan fingerprint density at radius 3 is 2.71 bits per heavy atom. The lowest BCUT2D eigenvalue weighted by molar-refractivity contribution is -0.148. The molecule has 0 saturated carbocycles. The van der Waals surface area contributed by atoms with Gasteiger partial charge in [0.25, 0.3) is 10.1 Å². The monoisotopic (exact) mass is 351 g/mol. The number of hydrogen-bond donors (Lipinski definition) is 0. The molecule has 130 valence electrons. The zero-order valence-electron chi connectivity index (χ0n) is 13.6. The lowest BCUT2D eigenvalue weighted by atomic mass is 9.80. The lowest BCUT2D eigenvalue weighted by Gasteiger charge is -2.28. The van der Waals surface area contributed by atoms with E-state index in [1.54, 1.807) is 24.3 Å². The molecular formula is C17H21NO5S. The number of ether oxygens (including phenoxy) is 1. The maximum Gasteiger partial charge on any atom is 0.316 e. The molecule has 1 aromatic rings. The van der Waals surface area contributed by atoms with Crippen LogP contribution in [0.1, 0.15) is 24.8 Å². The Labute approximate surface area is 141 Å². The van der Waals surface area contributed by atoms with E-state index in [1.165, 1.54) is 0 Å². The molecule has 3 heterocycles. The molecule has 0 amide bonds. The van der Waals surface area contributed by atoms with Gasteiger partial charge in [-0.2, -0.15) is 8.42 Å². The second kappa shape index (κ2) is 5.54. The average molecular weight is 351 g/mol. The van der Waals surface area contributed by atoms with Gasteiger partial charge in [0, 0.05) is 19.0 Å². The first kappa shape index (κ1) is 16.1. The highest BCUT2D eigenvalue weighted by Gasteiger charge is 2.63. The minimum atomic E-state index is -3.92. The molecule has 0 unspecified atom stereocenters. The minimum absolute atomic E-state index is 0.0316. The van der Waals surface area contributed by atoms with Crippen LogP contribution in [0.3, 0.4) is 0 Å². The Bertz CT molecular complexity index is 760. The molecule has 6 nitrogen and oxygen atoms in total. The molecule has 1 aromatic carbocycles. The summed E-state index contributed by atoms with van der Waals surface area (Å²) in [5, 5.41) is 0. The second-order valence-corrected chi connectivity index (χ2v) is 8.58. The molecule has 3 saturated heterocycles. The molecule has 3 atom stereocenters. The van der Waals surface area contributed by atoms with Gasteiger partial charge in [-0.1, -0.05) is 17.7 Å². The van der Waals surface area contributed by atoms with Crippen LogP contribution in [-0.4, -0.2) is 51.1 Å². The van der Waals surface area contributed by atoms with Gasteiger partial charge in [-0.15, -0.1) is 0 Å². The molecule has 0 N–H and O–H groups in total. The fraction of sp³-hybridized carbons (Fsp3) is 0.588. The SMILES string of the molecule is Cc1ccc(S(=O)(=O)O[C@@H]2[C@H]3CCCN3C[C@]23CCOC3=O)cc1. The predicted molar refractivity (Wildman–Crippen MR) is 85.8 cm³/mol. The highest BCUT2D eigenvalue weighted by Crippen LogP contribution is 2.48. The summed E-state index contributed by atoms with van der Waals surface area (Å²) < 4.78 is 36.3. The first-order chi connectivity index (χ1) is 11.4. The third kappa shape index (κ3) is 2.37.